The molecule has 28 heavy (non-hydrogen) atoms. The maximum Gasteiger partial charge on any atom is 0.231 e. The summed E-state index contributed by atoms with van der Waals surface area (Å²) in [6.45, 7) is 6.03. The monoisotopic (exact) mass is 382 g/mol. The van der Waals surface area contributed by atoms with Crippen molar-refractivity contribution in [2.75, 3.05) is 13.3 Å². The summed E-state index contributed by atoms with van der Waals surface area (Å²) in [5.74, 6) is 4.51. The van der Waals surface area contributed by atoms with Crippen LogP contribution in [0.3, 0.4) is 0 Å². The molecule has 148 valence electrons. The second-order valence-corrected chi connectivity index (χ2v) is 8.42. The lowest BCUT2D eigenvalue weighted by molar-refractivity contribution is -0.134. The van der Waals surface area contributed by atoms with Gasteiger partial charge in [-0.25, -0.2) is 9.67 Å². The van der Waals surface area contributed by atoms with E-state index < -0.39 is 0 Å². The molecule has 2 aliphatic heterocycles. The van der Waals surface area contributed by atoms with Crippen LogP contribution in [0.4, 0.5) is 0 Å². The van der Waals surface area contributed by atoms with Crippen molar-refractivity contribution in [3.05, 3.63) is 35.4 Å². The molecule has 3 aliphatic rings. The summed E-state index contributed by atoms with van der Waals surface area (Å²) in [4.78, 5) is 20.1. The molecule has 0 N–H and O–H groups in total. The number of carbonyl (C=O) groups is 1. The zero-order valence-corrected chi connectivity index (χ0v) is 16.4. The molecule has 2 aromatic rings. The zero-order valence-electron chi connectivity index (χ0n) is 16.4. The summed E-state index contributed by atoms with van der Waals surface area (Å²) in [5.41, 5.74) is 0.947. The van der Waals surface area contributed by atoms with E-state index in [1.807, 2.05) is 27.8 Å². The lowest BCUT2D eigenvalue weighted by atomic mass is 9.99. The van der Waals surface area contributed by atoms with Crippen LogP contribution in [0.5, 0.6) is 11.5 Å². The van der Waals surface area contributed by atoms with Crippen LogP contribution < -0.4 is 9.47 Å². The van der Waals surface area contributed by atoms with Crippen molar-refractivity contribution in [2.24, 2.45) is 5.92 Å². The van der Waals surface area contributed by atoms with Crippen LogP contribution in [-0.4, -0.2) is 38.9 Å². The number of hydrogen-bond donors (Lipinski definition) is 0. The minimum atomic E-state index is -0.00439. The second kappa shape index (κ2) is 6.79. The van der Waals surface area contributed by atoms with E-state index in [2.05, 4.69) is 13.8 Å². The standard InChI is InChI=1S/C21H26N4O3/c1-13(2)9-16-21-22-20(15-4-5-15)23-25(21)8-7-24(16)19(26)11-14-3-6-17-18(10-14)28-12-27-17/h3,6,10,13,15-16H,4-5,7-9,11-12H2,1-2H3/t16-/m0/s1. The Hall–Kier alpha value is -2.57. The topological polar surface area (TPSA) is 69.5 Å². The van der Waals surface area contributed by atoms with Gasteiger partial charge in [-0.2, -0.15) is 5.10 Å². The Morgan fingerprint density at radius 2 is 2.04 bits per heavy atom. The number of nitrogens with zero attached hydrogens (tertiary/aromatic N) is 4. The molecule has 1 aromatic heterocycles. The van der Waals surface area contributed by atoms with Crippen LogP contribution in [-0.2, 0) is 17.8 Å². The molecule has 1 aliphatic carbocycles. The van der Waals surface area contributed by atoms with Crippen molar-refractivity contribution in [3.63, 3.8) is 0 Å². The average Bonchev–Trinajstić information content (AvgIpc) is 3.24. The number of benzene rings is 1. The molecule has 1 amide bonds. The first kappa shape index (κ1) is 17.5. The Balaban J connectivity index is 1.38. The Morgan fingerprint density at radius 1 is 1.21 bits per heavy atom. The first-order chi connectivity index (χ1) is 13.6. The summed E-state index contributed by atoms with van der Waals surface area (Å²) in [6.07, 6.45) is 3.63. The van der Waals surface area contributed by atoms with Crippen LogP contribution in [0, 0.1) is 5.92 Å². The number of aromatic nitrogens is 3. The molecule has 0 spiro atoms. The molecular formula is C21H26N4O3. The number of fused-ring (bicyclic) bond motifs is 2. The highest BCUT2D eigenvalue weighted by molar-refractivity contribution is 5.79. The fourth-order valence-electron chi connectivity index (χ4n) is 4.10. The Labute approximate surface area is 164 Å². The van der Waals surface area contributed by atoms with Crippen molar-refractivity contribution >= 4 is 5.91 Å². The summed E-state index contributed by atoms with van der Waals surface area (Å²) in [5, 5.41) is 4.72. The lowest BCUT2D eigenvalue weighted by Gasteiger charge is -2.36. The maximum absolute atomic E-state index is 13.2. The Kier molecular flexibility index (Phi) is 4.25. The van der Waals surface area contributed by atoms with Crippen molar-refractivity contribution in [3.8, 4) is 11.5 Å². The normalized spacial score (nSPS) is 20.5. The number of rotatable bonds is 5. The van der Waals surface area contributed by atoms with E-state index in [1.165, 1.54) is 12.8 Å². The van der Waals surface area contributed by atoms with E-state index >= 15 is 0 Å². The van der Waals surface area contributed by atoms with Gasteiger partial charge < -0.3 is 14.4 Å². The zero-order chi connectivity index (χ0) is 19.3. The minimum Gasteiger partial charge on any atom is -0.454 e. The molecule has 0 radical (unpaired) electrons. The molecule has 0 saturated heterocycles. The third-order valence-corrected chi connectivity index (χ3v) is 5.69. The predicted molar refractivity (Wildman–Crippen MR) is 102 cm³/mol. The highest BCUT2D eigenvalue weighted by Gasteiger charge is 2.36. The molecule has 1 saturated carbocycles. The van der Waals surface area contributed by atoms with Gasteiger partial charge in [-0.3, -0.25) is 4.79 Å². The van der Waals surface area contributed by atoms with Gasteiger partial charge >= 0.3 is 0 Å². The van der Waals surface area contributed by atoms with Crippen molar-refractivity contribution < 1.29 is 14.3 Å². The van der Waals surface area contributed by atoms with Gasteiger partial charge in [-0.15, -0.1) is 0 Å². The third kappa shape index (κ3) is 3.23. The van der Waals surface area contributed by atoms with Gasteiger partial charge in [0.15, 0.2) is 17.3 Å². The molecule has 3 heterocycles. The van der Waals surface area contributed by atoms with Gasteiger partial charge in [-0.05, 0) is 42.9 Å². The smallest absolute Gasteiger partial charge is 0.231 e. The van der Waals surface area contributed by atoms with Crippen LogP contribution in [0.15, 0.2) is 18.2 Å². The molecular weight excluding hydrogens is 356 g/mol. The van der Waals surface area contributed by atoms with Gasteiger partial charge in [0.25, 0.3) is 0 Å². The minimum absolute atomic E-state index is 0.00439. The number of hydrogen-bond acceptors (Lipinski definition) is 5. The SMILES string of the molecule is CC(C)C[C@H]1c2nc(C3CC3)nn2CCN1C(=O)Cc1ccc2c(c1)OCO2. The molecule has 0 unspecified atom stereocenters. The third-order valence-electron chi connectivity index (χ3n) is 5.69. The molecule has 1 atom stereocenters. The van der Waals surface area contributed by atoms with E-state index in [9.17, 15) is 4.79 Å². The van der Waals surface area contributed by atoms with Gasteiger partial charge in [0.05, 0.1) is 19.0 Å². The number of ether oxygens (including phenoxy) is 2. The summed E-state index contributed by atoms with van der Waals surface area (Å²) in [7, 11) is 0. The van der Waals surface area contributed by atoms with Crippen molar-refractivity contribution in [2.45, 2.75) is 58.0 Å². The first-order valence-corrected chi connectivity index (χ1v) is 10.2. The highest BCUT2D eigenvalue weighted by atomic mass is 16.7. The van der Waals surface area contributed by atoms with Gasteiger partial charge in [0, 0.05) is 12.5 Å². The number of amides is 1. The first-order valence-electron chi connectivity index (χ1n) is 10.2. The van der Waals surface area contributed by atoms with Gasteiger partial charge in [0.1, 0.15) is 5.82 Å². The lowest BCUT2D eigenvalue weighted by Crippen LogP contribution is -2.43. The fourth-order valence-corrected chi connectivity index (χ4v) is 4.10. The van der Waals surface area contributed by atoms with E-state index in [0.717, 1.165) is 41.7 Å². The quantitative estimate of drug-likeness (QED) is 0.795. The molecule has 7 nitrogen and oxygen atoms in total. The number of carbonyl (C=O) groups excluding carboxylic acids is 1. The van der Waals surface area contributed by atoms with Crippen LogP contribution in [0.25, 0.3) is 0 Å². The molecule has 1 aromatic carbocycles. The Morgan fingerprint density at radius 3 is 2.82 bits per heavy atom. The largest absolute Gasteiger partial charge is 0.454 e. The van der Waals surface area contributed by atoms with E-state index in [-0.39, 0.29) is 18.7 Å². The molecule has 0 bridgehead atoms. The molecule has 1 fully saturated rings. The predicted octanol–water partition coefficient (Wildman–Crippen LogP) is 3.06. The van der Waals surface area contributed by atoms with E-state index in [1.54, 1.807) is 0 Å². The van der Waals surface area contributed by atoms with Gasteiger partial charge in [-0.1, -0.05) is 19.9 Å². The van der Waals surface area contributed by atoms with Crippen LogP contribution >= 0.6 is 0 Å². The van der Waals surface area contributed by atoms with Gasteiger partial charge in [0.2, 0.25) is 12.7 Å². The average molecular weight is 382 g/mol. The van der Waals surface area contributed by atoms with E-state index in [0.29, 0.717) is 24.8 Å². The van der Waals surface area contributed by atoms with Crippen LogP contribution in [0.1, 0.15) is 62.3 Å². The van der Waals surface area contributed by atoms with Crippen LogP contribution in [0.2, 0.25) is 0 Å². The molecule has 5 rings (SSSR count). The Bertz CT molecular complexity index is 903. The summed E-state index contributed by atoms with van der Waals surface area (Å²) < 4.78 is 12.8. The second-order valence-electron chi connectivity index (χ2n) is 8.42. The fraction of sp³-hybridized carbons (Fsp3) is 0.571. The van der Waals surface area contributed by atoms with Crippen molar-refractivity contribution in [1.29, 1.82) is 0 Å². The summed E-state index contributed by atoms with van der Waals surface area (Å²) in [6, 6.07) is 5.73. The van der Waals surface area contributed by atoms with E-state index in [4.69, 9.17) is 19.6 Å². The maximum atomic E-state index is 13.2. The highest BCUT2D eigenvalue weighted by Crippen LogP contribution is 2.40. The summed E-state index contributed by atoms with van der Waals surface area (Å²) >= 11 is 0. The molecule has 7 heteroatoms. The van der Waals surface area contributed by atoms with Crippen molar-refractivity contribution in [1.82, 2.24) is 19.7 Å².